The molecule has 0 saturated carbocycles. The average molecular weight is 416 g/mol. The molecule has 1 atom stereocenters. The van der Waals surface area contributed by atoms with Gasteiger partial charge in [0, 0.05) is 11.1 Å². The van der Waals surface area contributed by atoms with Crippen LogP contribution < -0.4 is 19.6 Å². The standard InChI is InChI=1S/C25H24N2O4/c1-29-20-12-9-17(10-13-20)22-16-21(19-11-14-23(30-2)24(15-19)31-3)26-27(22)25(28)18-7-5-4-6-8-18/h4-16,22,26H,1-3H3/t22-/m0/s1. The summed E-state index contributed by atoms with van der Waals surface area (Å²) in [5, 5.41) is 1.64. The fraction of sp³-hybridized carbons (Fsp3) is 0.160. The predicted octanol–water partition coefficient (Wildman–Crippen LogP) is 4.46. The highest BCUT2D eigenvalue weighted by molar-refractivity contribution is 5.95. The monoisotopic (exact) mass is 416 g/mol. The van der Waals surface area contributed by atoms with Crippen molar-refractivity contribution in [1.29, 1.82) is 0 Å². The van der Waals surface area contributed by atoms with Crippen LogP contribution in [0, 0.1) is 0 Å². The molecular weight excluding hydrogens is 392 g/mol. The topological polar surface area (TPSA) is 60.0 Å². The Bertz CT molecular complexity index is 1090. The molecule has 4 rings (SSSR count). The molecule has 3 aromatic carbocycles. The lowest BCUT2D eigenvalue weighted by Crippen LogP contribution is -2.39. The van der Waals surface area contributed by atoms with E-state index in [2.05, 4.69) is 5.43 Å². The van der Waals surface area contributed by atoms with Crippen molar-refractivity contribution in [2.75, 3.05) is 21.3 Å². The number of carbonyl (C=O) groups is 1. The minimum absolute atomic E-state index is 0.117. The van der Waals surface area contributed by atoms with Crippen molar-refractivity contribution in [2.45, 2.75) is 6.04 Å². The fourth-order valence-corrected chi connectivity index (χ4v) is 3.58. The molecule has 0 saturated heterocycles. The van der Waals surface area contributed by atoms with Gasteiger partial charge in [0.1, 0.15) is 5.75 Å². The van der Waals surface area contributed by atoms with Gasteiger partial charge in [-0.25, -0.2) is 5.01 Å². The van der Waals surface area contributed by atoms with Crippen LogP contribution in [0.3, 0.4) is 0 Å². The van der Waals surface area contributed by atoms with Crippen LogP contribution in [0.5, 0.6) is 17.2 Å². The Balaban J connectivity index is 1.73. The summed E-state index contributed by atoms with van der Waals surface area (Å²) in [6.07, 6.45) is 2.03. The van der Waals surface area contributed by atoms with Crippen LogP contribution in [0.25, 0.3) is 5.70 Å². The minimum Gasteiger partial charge on any atom is -0.497 e. The number of methoxy groups -OCH3 is 3. The number of hydrogen-bond donors (Lipinski definition) is 1. The minimum atomic E-state index is -0.290. The molecular formula is C25H24N2O4. The summed E-state index contributed by atoms with van der Waals surface area (Å²) in [5.74, 6) is 1.91. The molecule has 158 valence electrons. The maximum Gasteiger partial charge on any atom is 0.273 e. The van der Waals surface area contributed by atoms with Gasteiger partial charge < -0.3 is 14.2 Å². The fourth-order valence-electron chi connectivity index (χ4n) is 3.58. The van der Waals surface area contributed by atoms with Gasteiger partial charge in [0.25, 0.3) is 5.91 Å². The first-order chi connectivity index (χ1) is 15.1. The van der Waals surface area contributed by atoms with Crippen molar-refractivity contribution in [1.82, 2.24) is 10.4 Å². The number of carbonyl (C=O) groups excluding carboxylic acids is 1. The number of nitrogens with zero attached hydrogens (tertiary/aromatic N) is 1. The molecule has 0 radical (unpaired) electrons. The number of nitrogens with one attached hydrogen (secondary N) is 1. The van der Waals surface area contributed by atoms with Crippen LogP contribution in [0.2, 0.25) is 0 Å². The second-order valence-electron chi connectivity index (χ2n) is 7.02. The summed E-state index contributed by atoms with van der Waals surface area (Å²) < 4.78 is 16.1. The molecule has 6 nitrogen and oxygen atoms in total. The Kier molecular flexibility index (Phi) is 5.80. The first-order valence-electron chi connectivity index (χ1n) is 9.88. The van der Waals surface area contributed by atoms with Gasteiger partial charge in [-0.15, -0.1) is 0 Å². The van der Waals surface area contributed by atoms with E-state index in [0.29, 0.717) is 17.1 Å². The first-order valence-corrected chi connectivity index (χ1v) is 9.88. The number of benzene rings is 3. The normalized spacial score (nSPS) is 15.1. The highest BCUT2D eigenvalue weighted by Gasteiger charge is 2.31. The third-order valence-electron chi connectivity index (χ3n) is 5.24. The Morgan fingerprint density at radius 1 is 0.839 bits per heavy atom. The van der Waals surface area contributed by atoms with Crippen LogP contribution >= 0.6 is 0 Å². The Morgan fingerprint density at radius 3 is 2.19 bits per heavy atom. The highest BCUT2D eigenvalue weighted by Crippen LogP contribution is 2.36. The number of ether oxygens (including phenoxy) is 3. The van der Waals surface area contributed by atoms with Crippen LogP contribution in [0.15, 0.2) is 78.9 Å². The maximum absolute atomic E-state index is 13.3. The lowest BCUT2D eigenvalue weighted by Gasteiger charge is -2.26. The lowest BCUT2D eigenvalue weighted by atomic mass is 10.0. The SMILES string of the molecule is COc1ccc([C@@H]2C=C(c3ccc(OC)c(OC)c3)NN2C(=O)c2ccccc2)cc1. The van der Waals surface area contributed by atoms with Gasteiger partial charge in [0.05, 0.1) is 33.1 Å². The molecule has 0 bridgehead atoms. The van der Waals surface area contributed by atoms with Gasteiger partial charge in [-0.05, 0) is 54.1 Å². The lowest BCUT2D eigenvalue weighted by molar-refractivity contribution is 0.0672. The molecule has 31 heavy (non-hydrogen) atoms. The zero-order chi connectivity index (χ0) is 21.8. The molecule has 1 N–H and O–H groups in total. The predicted molar refractivity (Wildman–Crippen MR) is 119 cm³/mol. The molecule has 0 unspecified atom stereocenters. The third-order valence-corrected chi connectivity index (χ3v) is 5.24. The molecule has 1 heterocycles. The summed E-state index contributed by atoms with van der Waals surface area (Å²) in [5.41, 5.74) is 6.56. The van der Waals surface area contributed by atoms with E-state index >= 15 is 0 Å². The summed E-state index contributed by atoms with van der Waals surface area (Å²) in [6.45, 7) is 0. The largest absolute Gasteiger partial charge is 0.497 e. The molecule has 0 aliphatic carbocycles. The van der Waals surface area contributed by atoms with Gasteiger partial charge in [0.2, 0.25) is 0 Å². The molecule has 0 fully saturated rings. The van der Waals surface area contributed by atoms with E-state index in [9.17, 15) is 4.79 Å². The van der Waals surface area contributed by atoms with E-state index in [1.165, 1.54) is 0 Å². The van der Waals surface area contributed by atoms with E-state index < -0.39 is 0 Å². The van der Waals surface area contributed by atoms with Crippen LogP contribution in [0.4, 0.5) is 0 Å². The molecule has 1 aliphatic heterocycles. The number of hydrogen-bond acceptors (Lipinski definition) is 5. The van der Waals surface area contributed by atoms with Gasteiger partial charge in [0.15, 0.2) is 11.5 Å². The van der Waals surface area contributed by atoms with Gasteiger partial charge in [-0.1, -0.05) is 30.3 Å². The third kappa shape index (κ3) is 4.05. The van der Waals surface area contributed by atoms with Crippen molar-refractivity contribution in [3.8, 4) is 17.2 Å². The highest BCUT2D eigenvalue weighted by atomic mass is 16.5. The smallest absolute Gasteiger partial charge is 0.273 e. The van der Waals surface area contributed by atoms with Gasteiger partial charge in [-0.3, -0.25) is 10.2 Å². The summed E-state index contributed by atoms with van der Waals surface area (Å²) >= 11 is 0. The molecule has 0 aromatic heterocycles. The molecule has 6 heteroatoms. The van der Waals surface area contributed by atoms with Crippen molar-refractivity contribution >= 4 is 11.6 Å². The van der Waals surface area contributed by atoms with E-state index in [4.69, 9.17) is 14.2 Å². The first kappa shape index (κ1) is 20.3. The molecule has 1 amide bonds. The molecule has 1 aliphatic rings. The number of amides is 1. The zero-order valence-corrected chi connectivity index (χ0v) is 17.7. The van der Waals surface area contributed by atoms with Gasteiger partial charge in [-0.2, -0.15) is 0 Å². The van der Waals surface area contributed by atoms with E-state index in [0.717, 1.165) is 22.6 Å². The number of hydrazine groups is 1. The Labute approximate surface area is 181 Å². The van der Waals surface area contributed by atoms with Crippen molar-refractivity contribution in [3.63, 3.8) is 0 Å². The van der Waals surface area contributed by atoms with Crippen molar-refractivity contribution in [3.05, 3.63) is 95.6 Å². The summed E-state index contributed by atoms with van der Waals surface area (Å²) in [4.78, 5) is 13.3. The Hall–Kier alpha value is -3.93. The van der Waals surface area contributed by atoms with Crippen molar-refractivity contribution in [2.24, 2.45) is 0 Å². The maximum atomic E-state index is 13.3. The quantitative estimate of drug-likeness (QED) is 0.643. The van der Waals surface area contributed by atoms with Crippen LogP contribution in [0.1, 0.15) is 27.5 Å². The van der Waals surface area contributed by atoms with E-state index in [1.807, 2.05) is 78.9 Å². The van der Waals surface area contributed by atoms with Crippen LogP contribution in [-0.4, -0.2) is 32.2 Å². The summed E-state index contributed by atoms with van der Waals surface area (Å²) in [7, 11) is 4.83. The second-order valence-corrected chi connectivity index (χ2v) is 7.02. The number of rotatable bonds is 6. The average Bonchev–Trinajstić information content (AvgIpc) is 3.29. The molecule has 3 aromatic rings. The van der Waals surface area contributed by atoms with E-state index in [1.54, 1.807) is 26.3 Å². The second kappa shape index (κ2) is 8.83. The molecule has 0 spiro atoms. The van der Waals surface area contributed by atoms with E-state index in [-0.39, 0.29) is 11.9 Å². The summed E-state index contributed by atoms with van der Waals surface area (Å²) in [6, 6.07) is 22.3. The van der Waals surface area contributed by atoms with Gasteiger partial charge >= 0.3 is 0 Å². The van der Waals surface area contributed by atoms with Crippen LogP contribution in [-0.2, 0) is 0 Å². The zero-order valence-electron chi connectivity index (χ0n) is 17.7. The van der Waals surface area contributed by atoms with Crippen molar-refractivity contribution < 1.29 is 19.0 Å². The Morgan fingerprint density at radius 2 is 1.55 bits per heavy atom.